The third kappa shape index (κ3) is 2.05. The first-order valence-electron chi connectivity index (χ1n) is 4.58. The predicted octanol–water partition coefficient (Wildman–Crippen LogP) is 3.57. The highest BCUT2D eigenvalue weighted by Crippen LogP contribution is 2.35. The van der Waals surface area contributed by atoms with E-state index >= 15 is 0 Å². The van der Waals surface area contributed by atoms with Gasteiger partial charge in [-0.05, 0) is 24.3 Å². The van der Waals surface area contributed by atoms with Crippen LogP contribution in [-0.4, -0.2) is 4.98 Å². The molecule has 2 rings (SSSR count). The summed E-state index contributed by atoms with van der Waals surface area (Å²) in [7, 11) is 0. The summed E-state index contributed by atoms with van der Waals surface area (Å²) < 4.78 is 38.1. The Balaban J connectivity index is 2.58. The number of benzene rings is 1. The summed E-state index contributed by atoms with van der Waals surface area (Å²) in [5, 5.41) is 0. The number of nitrogens with zero attached hydrogens (tertiary/aromatic N) is 1. The lowest BCUT2D eigenvalue weighted by atomic mass is 10.0. The average Bonchev–Trinajstić information content (AvgIpc) is 2.29. The van der Waals surface area contributed by atoms with Gasteiger partial charge in [0.05, 0.1) is 11.3 Å². The summed E-state index contributed by atoms with van der Waals surface area (Å²) >= 11 is 0. The van der Waals surface area contributed by atoms with E-state index in [1.165, 1.54) is 24.4 Å². The van der Waals surface area contributed by atoms with E-state index in [1.807, 2.05) is 0 Å². The van der Waals surface area contributed by atoms with Crippen LogP contribution >= 0.6 is 0 Å². The Bertz CT molecular complexity index is 477. The second-order valence-electron chi connectivity index (χ2n) is 3.18. The third-order valence-corrected chi connectivity index (χ3v) is 2.11. The number of halogens is 3. The molecule has 0 spiro atoms. The molecule has 2 aromatic rings. The number of hydrogen-bond acceptors (Lipinski definition) is 1. The van der Waals surface area contributed by atoms with Crippen LogP contribution in [-0.2, 0) is 6.18 Å². The van der Waals surface area contributed by atoms with Crippen LogP contribution in [0.3, 0.4) is 0 Å². The predicted molar refractivity (Wildman–Crippen MR) is 53.5 cm³/mol. The van der Waals surface area contributed by atoms with E-state index in [-0.39, 0.29) is 11.3 Å². The van der Waals surface area contributed by atoms with Crippen molar-refractivity contribution in [1.82, 2.24) is 4.98 Å². The van der Waals surface area contributed by atoms with Gasteiger partial charge < -0.3 is 0 Å². The zero-order chi connectivity index (χ0) is 11.6. The molecular formula is C12H7F3N. The van der Waals surface area contributed by atoms with Crippen molar-refractivity contribution in [2.45, 2.75) is 6.18 Å². The maximum absolute atomic E-state index is 12.7. The number of rotatable bonds is 1. The first-order valence-corrected chi connectivity index (χ1v) is 4.58. The van der Waals surface area contributed by atoms with E-state index in [0.717, 1.165) is 6.07 Å². The maximum atomic E-state index is 12.7. The van der Waals surface area contributed by atoms with Crippen molar-refractivity contribution in [2.75, 3.05) is 0 Å². The summed E-state index contributed by atoms with van der Waals surface area (Å²) in [5.74, 6) is 0. The van der Waals surface area contributed by atoms with E-state index < -0.39 is 11.7 Å². The topological polar surface area (TPSA) is 12.9 Å². The van der Waals surface area contributed by atoms with Crippen molar-refractivity contribution < 1.29 is 13.2 Å². The molecule has 0 fully saturated rings. The standard InChI is InChI=1S/C12H7F3N/c13-12(14,15)10-6-2-1-5-9(10)11-7-3-4-8-16-11/h1-2,4-8H. The molecular weight excluding hydrogens is 215 g/mol. The fourth-order valence-corrected chi connectivity index (χ4v) is 1.43. The van der Waals surface area contributed by atoms with Crippen LogP contribution in [0.1, 0.15) is 5.56 Å². The fourth-order valence-electron chi connectivity index (χ4n) is 1.43. The molecule has 0 saturated heterocycles. The van der Waals surface area contributed by atoms with Crippen LogP contribution in [0.15, 0.2) is 42.6 Å². The van der Waals surface area contributed by atoms with E-state index in [1.54, 1.807) is 12.1 Å². The second-order valence-corrected chi connectivity index (χ2v) is 3.18. The van der Waals surface area contributed by atoms with Crippen LogP contribution < -0.4 is 0 Å². The molecule has 1 heterocycles. The average molecular weight is 222 g/mol. The Labute approximate surface area is 90.6 Å². The van der Waals surface area contributed by atoms with E-state index in [2.05, 4.69) is 11.1 Å². The lowest BCUT2D eigenvalue weighted by Crippen LogP contribution is -2.07. The van der Waals surface area contributed by atoms with Crippen LogP contribution in [0.25, 0.3) is 11.3 Å². The second kappa shape index (κ2) is 3.96. The van der Waals surface area contributed by atoms with Gasteiger partial charge in [-0.3, -0.25) is 4.98 Å². The molecule has 0 bridgehead atoms. The van der Waals surface area contributed by atoms with Crippen LogP contribution in [0.2, 0.25) is 0 Å². The Kier molecular flexibility index (Phi) is 2.64. The largest absolute Gasteiger partial charge is 0.417 e. The van der Waals surface area contributed by atoms with Gasteiger partial charge in [0.25, 0.3) is 0 Å². The van der Waals surface area contributed by atoms with Crippen LogP contribution in [0, 0.1) is 6.07 Å². The first kappa shape index (κ1) is 10.7. The van der Waals surface area contributed by atoms with Gasteiger partial charge in [0.2, 0.25) is 0 Å². The van der Waals surface area contributed by atoms with Crippen molar-refractivity contribution in [3.8, 4) is 11.3 Å². The number of pyridine rings is 1. The third-order valence-electron chi connectivity index (χ3n) is 2.11. The molecule has 81 valence electrons. The van der Waals surface area contributed by atoms with Crippen molar-refractivity contribution in [1.29, 1.82) is 0 Å². The normalized spacial score (nSPS) is 11.4. The molecule has 0 N–H and O–H groups in total. The summed E-state index contributed by atoms with van der Waals surface area (Å²) in [6.45, 7) is 0. The molecule has 0 saturated carbocycles. The van der Waals surface area contributed by atoms with E-state index in [4.69, 9.17) is 0 Å². The molecule has 0 unspecified atom stereocenters. The van der Waals surface area contributed by atoms with Gasteiger partial charge in [-0.2, -0.15) is 13.2 Å². The van der Waals surface area contributed by atoms with Gasteiger partial charge in [0.15, 0.2) is 0 Å². The molecule has 0 aliphatic carbocycles. The highest BCUT2D eigenvalue weighted by Gasteiger charge is 2.33. The summed E-state index contributed by atoms with van der Waals surface area (Å²) in [4.78, 5) is 3.89. The zero-order valence-electron chi connectivity index (χ0n) is 8.12. The smallest absolute Gasteiger partial charge is 0.256 e. The Morgan fingerprint density at radius 1 is 1.12 bits per heavy atom. The van der Waals surface area contributed by atoms with Crippen molar-refractivity contribution in [3.05, 3.63) is 54.2 Å². The van der Waals surface area contributed by atoms with Gasteiger partial charge in [-0.1, -0.05) is 18.2 Å². The highest BCUT2D eigenvalue weighted by atomic mass is 19.4. The van der Waals surface area contributed by atoms with Gasteiger partial charge in [0, 0.05) is 11.8 Å². The van der Waals surface area contributed by atoms with Gasteiger partial charge >= 0.3 is 6.18 Å². The molecule has 4 heteroatoms. The quantitative estimate of drug-likeness (QED) is 0.718. The number of hydrogen-bond donors (Lipinski definition) is 0. The highest BCUT2D eigenvalue weighted by molar-refractivity contribution is 5.64. The zero-order valence-corrected chi connectivity index (χ0v) is 8.12. The molecule has 1 nitrogen and oxygen atoms in total. The van der Waals surface area contributed by atoms with E-state index in [0.29, 0.717) is 0 Å². The minimum atomic E-state index is -4.37. The van der Waals surface area contributed by atoms with E-state index in [9.17, 15) is 13.2 Å². The summed E-state index contributed by atoms with van der Waals surface area (Å²) in [5.41, 5.74) is -0.329. The monoisotopic (exact) mass is 222 g/mol. The molecule has 0 aliphatic heterocycles. The van der Waals surface area contributed by atoms with Crippen molar-refractivity contribution >= 4 is 0 Å². The summed E-state index contributed by atoms with van der Waals surface area (Å²) in [6, 6.07) is 11.0. The van der Waals surface area contributed by atoms with Gasteiger partial charge in [-0.25, -0.2) is 0 Å². The fraction of sp³-hybridized carbons (Fsp3) is 0.0833. The Hall–Kier alpha value is -1.84. The lowest BCUT2D eigenvalue weighted by Gasteiger charge is -2.11. The minimum absolute atomic E-state index is 0.0758. The molecule has 16 heavy (non-hydrogen) atoms. The summed E-state index contributed by atoms with van der Waals surface area (Å²) in [6.07, 6.45) is -2.95. The SMILES string of the molecule is FC(F)(F)c1ccccc1-c1c[c]ccn1. The Morgan fingerprint density at radius 3 is 2.50 bits per heavy atom. The number of alkyl halides is 3. The molecule has 0 amide bonds. The molecule has 0 atom stereocenters. The lowest BCUT2D eigenvalue weighted by molar-refractivity contribution is -0.137. The van der Waals surface area contributed by atoms with Crippen LogP contribution in [0.4, 0.5) is 13.2 Å². The molecule has 1 aromatic heterocycles. The molecule has 0 aliphatic rings. The first-order chi connectivity index (χ1) is 7.59. The minimum Gasteiger partial charge on any atom is -0.256 e. The van der Waals surface area contributed by atoms with Crippen molar-refractivity contribution in [2.24, 2.45) is 0 Å². The molecule has 1 aromatic carbocycles. The maximum Gasteiger partial charge on any atom is 0.417 e. The van der Waals surface area contributed by atoms with Crippen LogP contribution in [0.5, 0.6) is 0 Å². The Morgan fingerprint density at radius 2 is 1.88 bits per heavy atom. The van der Waals surface area contributed by atoms with Gasteiger partial charge in [0.1, 0.15) is 0 Å². The van der Waals surface area contributed by atoms with Gasteiger partial charge in [-0.15, -0.1) is 0 Å². The molecule has 1 radical (unpaired) electrons. The van der Waals surface area contributed by atoms with Crippen molar-refractivity contribution in [3.63, 3.8) is 0 Å². The number of aromatic nitrogens is 1.